The number of methoxy groups -OCH3 is 1. The molecule has 0 saturated heterocycles. The van der Waals surface area contributed by atoms with Crippen LogP contribution in [0.15, 0.2) is 30.3 Å². The van der Waals surface area contributed by atoms with Gasteiger partial charge in [-0.05, 0) is 54.0 Å². The number of carbonyl (C=O) groups is 1. The van der Waals surface area contributed by atoms with E-state index in [-0.39, 0.29) is 22.7 Å². The van der Waals surface area contributed by atoms with Gasteiger partial charge in [0.15, 0.2) is 0 Å². The first kappa shape index (κ1) is 19.2. The highest BCUT2D eigenvalue weighted by Gasteiger charge is 2.20. The quantitative estimate of drug-likeness (QED) is 0.787. The second-order valence-corrected chi connectivity index (χ2v) is 7.99. The van der Waals surface area contributed by atoms with Gasteiger partial charge in [-0.2, -0.15) is 0 Å². The summed E-state index contributed by atoms with van der Waals surface area (Å²) in [6.45, 7) is 6.76. The first-order valence-electron chi connectivity index (χ1n) is 9.36. The average Bonchev–Trinajstić information content (AvgIpc) is 2.84. The number of nitrogens with one attached hydrogen (secondary N) is 2. The largest absolute Gasteiger partial charge is 0.494 e. The second kappa shape index (κ2) is 7.59. The molecule has 4 nitrogen and oxygen atoms in total. The molecule has 0 saturated carbocycles. The van der Waals surface area contributed by atoms with Crippen molar-refractivity contribution < 1.29 is 13.9 Å². The van der Waals surface area contributed by atoms with E-state index in [1.807, 2.05) is 32.9 Å². The molecule has 27 heavy (non-hydrogen) atoms. The summed E-state index contributed by atoms with van der Waals surface area (Å²) in [6.07, 6.45) is 3.15. The van der Waals surface area contributed by atoms with Crippen LogP contribution in [-0.2, 0) is 11.8 Å². The van der Waals surface area contributed by atoms with Gasteiger partial charge in [0.1, 0.15) is 11.6 Å². The van der Waals surface area contributed by atoms with Crippen LogP contribution in [0.3, 0.4) is 0 Å². The summed E-state index contributed by atoms with van der Waals surface area (Å²) in [4.78, 5) is 12.7. The zero-order valence-corrected chi connectivity index (χ0v) is 16.4. The number of rotatable bonds is 3. The molecule has 0 aromatic heterocycles. The molecule has 2 aromatic rings. The van der Waals surface area contributed by atoms with E-state index >= 15 is 0 Å². The van der Waals surface area contributed by atoms with Crippen LogP contribution in [0, 0.1) is 5.82 Å². The molecule has 1 heterocycles. The van der Waals surface area contributed by atoms with Crippen molar-refractivity contribution >= 4 is 17.3 Å². The van der Waals surface area contributed by atoms with Crippen molar-refractivity contribution in [1.82, 2.24) is 0 Å². The van der Waals surface area contributed by atoms with Crippen LogP contribution in [0.1, 0.15) is 55.1 Å². The molecule has 0 fully saturated rings. The van der Waals surface area contributed by atoms with E-state index in [1.165, 1.54) is 6.07 Å². The fourth-order valence-electron chi connectivity index (χ4n) is 3.39. The number of halogens is 1. The van der Waals surface area contributed by atoms with Crippen molar-refractivity contribution in [3.05, 3.63) is 52.8 Å². The normalized spacial score (nSPS) is 14.0. The van der Waals surface area contributed by atoms with Crippen molar-refractivity contribution in [3.63, 3.8) is 0 Å². The van der Waals surface area contributed by atoms with Gasteiger partial charge in [-0.3, -0.25) is 4.79 Å². The smallest absolute Gasteiger partial charge is 0.255 e. The molecule has 1 amide bonds. The number of ether oxygens (including phenoxy) is 1. The van der Waals surface area contributed by atoms with E-state index in [9.17, 15) is 9.18 Å². The average molecular weight is 370 g/mol. The third-order valence-corrected chi connectivity index (χ3v) is 4.90. The minimum Gasteiger partial charge on any atom is -0.494 e. The van der Waals surface area contributed by atoms with Crippen LogP contribution in [0.25, 0.3) is 0 Å². The molecule has 3 rings (SSSR count). The number of hydrogen-bond acceptors (Lipinski definition) is 3. The van der Waals surface area contributed by atoms with E-state index < -0.39 is 0 Å². The summed E-state index contributed by atoms with van der Waals surface area (Å²) in [5, 5.41) is 6.27. The molecular weight excluding hydrogens is 343 g/mol. The standard InChI is InChI=1S/C22H27FN2O2/c1-22(2,3)16-9-8-15(11-17(16)23)21(26)25-19-12-14-7-5-6-10-24-18(14)13-20(19)27-4/h8-9,11-13,24H,5-7,10H2,1-4H3,(H,25,26). The lowest BCUT2D eigenvalue weighted by molar-refractivity contribution is 0.102. The van der Waals surface area contributed by atoms with Crippen molar-refractivity contribution in [3.8, 4) is 5.75 Å². The maximum atomic E-state index is 14.4. The fourth-order valence-corrected chi connectivity index (χ4v) is 3.39. The van der Waals surface area contributed by atoms with Crippen molar-refractivity contribution in [2.75, 3.05) is 24.3 Å². The van der Waals surface area contributed by atoms with E-state index in [2.05, 4.69) is 10.6 Å². The topological polar surface area (TPSA) is 50.4 Å². The molecule has 0 radical (unpaired) electrons. The lowest BCUT2D eigenvalue weighted by Gasteiger charge is -2.20. The first-order valence-corrected chi connectivity index (χ1v) is 9.36. The maximum Gasteiger partial charge on any atom is 0.255 e. The molecule has 2 aromatic carbocycles. The number of anilines is 2. The minimum absolute atomic E-state index is 0.288. The van der Waals surface area contributed by atoms with Gasteiger partial charge in [0.25, 0.3) is 5.91 Å². The van der Waals surface area contributed by atoms with E-state index in [1.54, 1.807) is 19.2 Å². The zero-order chi connectivity index (χ0) is 19.6. The van der Waals surface area contributed by atoms with Gasteiger partial charge in [-0.25, -0.2) is 4.39 Å². The molecule has 0 atom stereocenters. The SMILES string of the molecule is COc1cc2c(cc1NC(=O)c1ccc(C(C)(C)C)c(F)c1)CCCCN2. The van der Waals surface area contributed by atoms with Gasteiger partial charge in [-0.15, -0.1) is 0 Å². The monoisotopic (exact) mass is 370 g/mol. The zero-order valence-electron chi connectivity index (χ0n) is 16.4. The van der Waals surface area contributed by atoms with Crippen LogP contribution in [0.2, 0.25) is 0 Å². The summed E-state index contributed by atoms with van der Waals surface area (Å²) in [6, 6.07) is 8.51. The van der Waals surface area contributed by atoms with Crippen LogP contribution in [-0.4, -0.2) is 19.6 Å². The summed E-state index contributed by atoms with van der Waals surface area (Å²) >= 11 is 0. The van der Waals surface area contributed by atoms with Gasteiger partial charge >= 0.3 is 0 Å². The summed E-state index contributed by atoms with van der Waals surface area (Å²) < 4.78 is 19.9. The second-order valence-electron chi connectivity index (χ2n) is 7.99. The molecule has 0 bridgehead atoms. The Morgan fingerprint density at radius 1 is 1.19 bits per heavy atom. The lowest BCUT2D eigenvalue weighted by Crippen LogP contribution is -2.17. The summed E-state index contributed by atoms with van der Waals surface area (Å²) in [7, 11) is 1.58. The van der Waals surface area contributed by atoms with E-state index in [0.717, 1.165) is 37.1 Å². The number of benzene rings is 2. The lowest BCUT2D eigenvalue weighted by atomic mass is 9.86. The third kappa shape index (κ3) is 4.24. The van der Waals surface area contributed by atoms with Crippen LogP contribution < -0.4 is 15.4 Å². The number of amides is 1. The van der Waals surface area contributed by atoms with Gasteiger partial charge in [0, 0.05) is 23.9 Å². The number of aryl methyl sites for hydroxylation is 1. The molecule has 144 valence electrons. The molecule has 0 spiro atoms. The van der Waals surface area contributed by atoms with Gasteiger partial charge < -0.3 is 15.4 Å². The number of hydrogen-bond donors (Lipinski definition) is 2. The molecule has 0 aliphatic carbocycles. The summed E-state index contributed by atoms with van der Waals surface area (Å²) in [5.74, 6) is -0.134. The first-order chi connectivity index (χ1) is 12.8. The van der Waals surface area contributed by atoms with Gasteiger partial charge in [0.2, 0.25) is 0 Å². The minimum atomic E-state index is -0.367. The number of carbonyl (C=O) groups excluding carboxylic acids is 1. The fraction of sp³-hybridized carbons (Fsp3) is 0.409. The maximum absolute atomic E-state index is 14.4. The molecule has 1 aliphatic rings. The van der Waals surface area contributed by atoms with Gasteiger partial charge in [0.05, 0.1) is 12.8 Å². The Morgan fingerprint density at radius 2 is 1.96 bits per heavy atom. The summed E-state index contributed by atoms with van der Waals surface area (Å²) in [5.41, 5.74) is 3.36. The van der Waals surface area contributed by atoms with Crippen LogP contribution >= 0.6 is 0 Å². The predicted molar refractivity (Wildman–Crippen MR) is 107 cm³/mol. The Morgan fingerprint density at radius 3 is 2.63 bits per heavy atom. The van der Waals surface area contributed by atoms with E-state index in [4.69, 9.17) is 4.74 Å². The highest BCUT2D eigenvalue weighted by molar-refractivity contribution is 6.05. The third-order valence-electron chi connectivity index (χ3n) is 4.90. The highest BCUT2D eigenvalue weighted by Crippen LogP contribution is 2.34. The molecule has 1 aliphatic heterocycles. The van der Waals surface area contributed by atoms with Crippen LogP contribution in [0.5, 0.6) is 5.75 Å². The van der Waals surface area contributed by atoms with Crippen molar-refractivity contribution in [2.45, 2.75) is 45.4 Å². The van der Waals surface area contributed by atoms with E-state index in [0.29, 0.717) is 17.0 Å². The Bertz CT molecular complexity index is 856. The Kier molecular flexibility index (Phi) is 5.40. The Balaban J connectivity index is 1.87. The van der Waals surface area contributed by atoms with Crippen molar-refractivity contribution in [2.24, 2.45) is 0 Å². The van der Waals surface area contributed by atoms with Crippen LogP contribution in [0.4, 0.5) is 15.8 Å². The van der Waals surface area contributed by atoms with Gasteiger partial charge in [-0.1, -0.05) is 26.8 Å². The highest BCUT2D eigenvalue weighted by atomic mass is 19.1. The van der Waals surface area contributed by atoms with Crippen molar-refractivity contribution in [1.29, 1.82) is 0 Å². The number of fused-ring (bicyclic) bond motifs is 1. The Labute approximate surface area is 160 Å². The molecule has 2 N–H and O–H groups in total. The molecule has 0 unspecified atom stereocenters. The molecule has 5 heteroatoms. The Hall–Kier alpha value is -2.56. The molecular formula is C22H27FN2O2. The predicted octanol–water partition coefficient (Wildman–Crippen LogP) is 5.13.